The number of nitrogens with one attached hydrogen (secondary N) is 1. The van der Waals surface area contributed by atoms with Crippen LogP contribution in [0.1, 0.15) is 12.5 Å². The summed E-state index contributed by atoms with van der Waals surface area (Å²) in [7, 11) is 0. The number of hydrogen-bond donors (Lipinski definition) is 1. The Morgan fingerprint density at radius 1 is 0.957 bits per heavy atom. The van der Waals surface area contributed by atoms with Gasteiger partial charge in [-0.1, -0.05) is 53.5 Å². The lowest BCUT2D eigenvalue weighted by Gasteiger charge is -2.15. The van der Waals surface area contributed by atoms with Crippen molar-refractivity contribution in [1.82, 2.24) is 0 Å². The Kier molecular flexibility index (Phi) is 4.94. The summed E-state index contributed by atoms with van der Waals surface area (Å²) in [5.74, 6) is 0.902. The van der Waals surface area contributed by atoms with E-state index in [-0.39, 0.29) is 0 Å². The third-order valence-electron chi connectivity index (χ3n) is 3.69. The highest BCUT2D eigenvalue weighted by Gasteiger charge is 2.09. The SMILES string of the molecule is CCOc1ccc2ccccc2c1CNc1ccc(Cl)c(Cl)c1. The van der Waals surface area contributed by atoms with Crippen LogP contribution >= 0.6 is 23.2 Å². The highest BCUT2D eigenvalue weighted by atomic mass is 35.5. The smallest absolute Gasteiger partial charge is 0.124 e. The van der Waals surface area contributed by atoms with Crippen LogP contribution in [0.15, 0.2) is 54.6 Å². The van der Waals surface area contributed by atoms with Crippen LogP contribution in [-0.4, -0.2) is 6.61 Å². The Bertz CT molecular complexity index is 833. The van der Waals surface area contributed by atoms with E-state index in [0.29, 0.717) is 23.2 Å². The summed E-state index contributed by atoms with van der Waals surface area (Å²) in [6, 6.07) is 17.9. The minimum Gasteiger partial charge on any atom is -0.494 e. The molecule has 3 rings (SSSR count). The molecule has 0 aliphatic heterocycles. The summed E-state index contributed by atoms with van der Waals surface area (Å²) in [4.78, 5) is 0. The molecule has 23 heavy (non-hydrogen) atoms. The Morgan fingerprint density at radius 3 is 2.57 bits per heavy atom. The van der Waals surface area contributed by atoms with E-state index in [9.17, 15) is 0 Å². The number of fused-ring (bicyclic) bond motifs is 1. The van der Waals surface area contributed by atoms with Gasteiger partial charge in [0.15, 0.2) is 0 Å². The Balaban J connectivity index is 1.93. The van der Waals surface area contributed by atoms with Gasteiger partial charge in [0.05, 0.1) is 16.7 Å². The normalized spacial score (nSPS) is 10.7. The number of halogens is 2. The van der Waals surface area contributed by atoms with E-state index in [1.54, 1.807) is 6.07 Å². The van der Waals surface area contributed by atoms with Crippen molar-refractivity contribution >= 4 is 39.7 Å². The fourth-order valence-electron chi connectivity index (χ4n) is 2.59. The minimum atomic E-state index is 0.541. The van der Waals surface area contributed by atoms with E-state index in [1.807, 2.05) is 37.3 Å². The zero-order chi connectivity index (χ0) is 16.2. The number of ether oxygens (including phenoxy) is 1. The molecule has 0 radical (unpaired) electrons. The first-order valence-electron chi connectivity index (χ1n) is 7.51. The molecule has 2 nitrogen and oxygen atoms in total. The molecular formula is C19H17Cl2NO. The van der Waals surface area contributed by atoms with Gasteiger partial charge in [-0.3, -0.25) is 0 Å². The first kappa shape index (κ1) is 16.0. The second-order valence-corrected chi connectivity index (χ2v) is 5.99. The maximum atomic E-state index is 6.08. The summed E-state index contributed by atoms with van der Waals surface area (Å²) in [6.07, 6.45) is 0. The molecule has 0 heterocycles. The van der Waals surface area contributed by atoms with Crippen LogP contribution in [-0.2, 0) is 6.54 Å². The van der Waals surface area contributed by atoms with Gasteiger partial charge >= 0.3 is 0 Å². The van der Waals surface area contributed by atoms with E-state index in [0.717, 1.165) is 17.0 Å². The lowest BCUT2D eigenvalue weighted by Crippen LogP contribution is -2.04. The number of rotatable bonds is 5. The maximum absolute atomic E-state index is 6.08. The summed E-state index contributed by atoms with van der Waals surface area (Å²) < 4.78 is 5.79. The average molecular weight is 346 g/mol. The number of hydrogen-bond acceptors (Lipinski definition) is 2. The topological polar surface area (TPSA) is 21.3 Å². The minimum absolute atomic E-state index is 0.541. The quantitative estimate of drug-likeness (QED) is 0.598. The van der Waals surface area contributed by atoms with Gasteiger partial charge in [0.2, 0.25) is 0 Å². The Morgan fingerprint density at radius 2 is 1.78 bits per heavy atom. The van der Waals surface area contributed by atoms with Crippen molar-refractivity contribution in [2.24, 2.45) is 0 Å². The van der Waals surface area contributed by atoms with Crippen molar-refractivity contribution in [3.8, 4) is 5.75 Å². The van der Waals surface area contributed by atoms with Gasteiger partial charge in [0.25, 0.3) is 0 Å². The van der Waals surface area contributed by atoms with Gasteiger partial charge in [-0.2, -0.15) is 0 Å². The molecule has 0 saturated carbocycles. The molecule has 3 aromatic rings. The fraction of sp³-hybridized carbons (Fsp3) is 0.158. The van der Waals surface area contributed by atoms with Crippen molar-refractivity contribution in [2.75, 3.05) is 11.9 Å². The van der Waals surface area contributed by atoms with Gasteiger partial charge in [-0.25, -0.2) is 0 Å². The molecule has 0 aliphatic rings. The predicted molar refractivity (Wildman–Crippen MR) is 98.9 cm³/mol. The van der Waals surface area contributed by atoms with Crippen LogP contribution in [0.4, 0.5) is 5.69 Å². The molecule has 118 valence electrons. The second-order valence-electron chi connectivity index (χ2n) is 5.18. The van der Waals surface area contributed by atoms with Gasteiger partial charge in [0.1, 0.15) is 5.75 Å². The number of anilines is 1. The van der Waals surface area contributed by atoms with Gasteiger partial charge in [-0.15, -0.1) is 0 Å². The highest BCUT2D eigenvalue weighted by molar-refractivity contribution is 6.42. The molecular weight excluding hydrogens is 329 g/mol. The van der Waals surface area contributed by atoms with Crippen LogP contribution in [0.5, 0.6) is 5.75 Å². The van der Waals surface area contributed by atoms with E-state index < -0.39 is 0 Å². The van der Waals surface area contributed by atoms with Crippen LogP contribution in [0, 0.1) is 0 Å². The van der Waals surface area contributed by atoms with E-state index >= 15 is 0 Å². The first-order valence-corrected chi connectivity index (χ1v) is 8.27. The zero-order valence-corrected chi connectivity index (χ0v) is 14.3. The fourth-order valence-corrected chi connectivity index (χ4v) is 2.88. The lowest BCUT2D eigenvalue weighted by atomic mass is 10.0. The third kappa shape index (κ3) is 3.54. The van der Waals surface area contributed by atoms with Gasteiger partial charge in [-0.05, 0) is 42.0 Å². The monoisotopic (exact) mass is 345 g/mol. The van der Waals surface area contributed by atoms with Gasteiger partial charge in [0, 0.05) is 17.8 Å². The van der Waals surface area contributed by atoms with Crippen molar-refractivity contribution in [1.29, 1.82) is 0 Å². The van der Waals surface area contributed by atoms with Crippen LogP contribution in [0.3, 0.4) is 0 Å². The third-order valence-corrected chi connectivity index (χ3v) is 4.43. The first-order chi connectivity index (χ1) is 11.2. The van der Waals surface area contributed by atoms with E-state index in [4.69, 9.17) is 27.9 Å². The molecule has 0 aromatic heterocycles. The molecule has 0 saturated heterocycles. The van der Waals surface area contributed by atoms with E-state index in [1.165, 1.54) is 10.8 Å². The summed E-state index contributed by atoms with van der Waals surface area (Å²) in [6.45, 7) is 3.28. The lowest BCUT2D eigenvalue weighted by molar-refractivity contribution is 0.337. The maximum Gasteiger partial charge on any atom is 0.124 e. The Hall–Kier alpha value is -1.90. The summed E-state index contributed by atoms with van der Waals surface area (Å²) >= 11 is 12.0. The Labute approximate surface area is 146 Å². The molecule has 0 amide bonds. The van der Waals surface area contributed by atoms with Crippen LogP contribution in [0.2, 0.25) is 10.0 Å². The largest absolute Gasteiger partial charge is 0.494 e. The molecule has 0 aliphatic carbocycles. The molecule has 0 atom stereocenters. The molecule has 0 unspecified atom stereocenters. The highest BCUT2D eigenvalue weighted by Crippen LogP contribution is 2.30. The van der Waals surface area contributed by atoms with Gasteiger partial charge < -0.3 is 10.1 Å². The molecule has 3 aromatic carbocycles. The van der Waals surface area contributed by atoms with Crippen molar-refractivity contribution in [3.05, 3.63) is 70.2 Å². The predicted octanol–water partition coefficient (Wildman–Crippen LogP) is 6.16. The van der Waals surface area contributed by atoms with Crippen LogP contribution < -0.4 is 10.1 Å². The van der Waals surface area contributed by atoms with Crippen LogP contribution in [0.25, 0.3) is 10.8 Å². The second kappa shape index (κ2) is 7.12. The summed E-state index contributed by atoms with van der Waals surface area (Å²) in [5.41, 5.74) is 2.06. The number of benzene rings is 3. The molecule has 0 fully saturated rings. The van der Waals surface area contributed by atoms with Crippen molar-refractivity contribution < 1.29 is 4.74 Å². The molecule has 0 spiro atoms. The molecule has 4 heteroatoms. The zero-order valence-electron chi connectivity index (χ0n) is 12.8. The average Bonchev–Trinajstić information content (AvgIpc) is 2.57. The van der Waals surface area contributed by atoms with Crippen molar-refractivity contribution in [2.45, 2.75) is 13.5 Å². The van der Waals surface area contributed by atoms with E-state index in [2.05, 4.69) is 23.5 Å². The van der Waals surface area contributed by atoms with Crippen molar-refractivity contribution in [3.63, 3.8) is 0 Å². The summed E-state index contributed by atoms with van der Waals surface area (Å²) in [5, 5.41) is 6.87. The molecule has 0 bridgehead atoms. The molecule has 1 N–H and O–H groups in total. The standard InChI is InChI=1S/C19H17Cl2NO/c1-2-23-19-10-7-13-5-3-4-6-15(13)16(19)12-22-14-8-9-17(20)18(21)11-14/h3-11,22H,2,12H2,1H3.